The minimum atomic E-state index is -0.283. The molecule has 6 nitrogen and oxygen atoms in total. The zero-order valence-electron chi connectivity index (χ0n) is 21.1. The van der Waals surface area contributed by atoms with Crippen LogP contribution in [0.25, 0.3) is 0 Å². The molecule has 3 fully saturated rings. The fraction of sp³-hybridized carbons (Fsp3) is 0.690. The van der Waals surface area contributed by atoms with Crippen molar-refractivity contribution < 1.29 is 14.4 Å². The van der Waals surface area contributed by atoms with E-state index < -0.39 is 0 Å². The molecule has 2 heterocycles. The van der Waals surface area contributed by atoms with Crippen LogP contribution in [0.1, 0.15) is 81.8 Å². The lowest BCUT2D eigenvalue weighted by Gasteiger charge is -2.34. The highest BCUT2D eigenvalue weighted by Gasteiger charge is 2.46. The zero-order valence-corrected chi connectivity index (χ0v) is 21.1. The molecule has 0 spiro atoms. The SMILES string of the molecule is O=C1NCCCCCN(C(=O)CCC2CCCC2)[C@@H]2C[C@@H](C(=O)N3CCc4ccccc4C3)C[C@H]12. The highest BCUT2D eigenvalue weighted by atomic mass is 16.2. The molecular weight excluding hydrogens is 438 g/mol. The number of fused-ring (bicyclic) bond motifs is 2. The van der Waals surface area contributed by atoms with E-state index in [1.165, 1.54) is 36.8 Å². The Hall–Kier alpha value is -2.37. The van der Waals surface area contributed by atoms with E-state index in [1.807, 2.05) is 15.9 Å². The number of rotatable bonds is 4. The van der Waals surface area contributed by atoms with Gasteiger partial charge >= 0.3 is 0 Å². The van der Waals surface area contributed by atoms with Gasteiger partial charge in [0.25, 0.3) is 0 Å². The van der Waals surface area contributed by atoms with E-state index in [2.05, 4.69) is 23.5 Å². The Balaban J connectivity index is 1.30. The van der Waals surface area contributed by atoms with E-state index in [-0.39, 0.29) is 35.6 Å². The van der Waals surface area contributed by atoms with Crippen LogP contribution in [0.5, 0.6) is 0 Å². The molecule has 0 unspecified atom stereocenters. The van der Waals surface area contributed by atoms with Crippen molar-refractivity contribution in [2.24, 2.45) is 17.8 Å². The fourth-order valence-electron chi connectivity index (χ4n) is 6.96. The van der Waals surface area contributed by atoms with Crippen LogP contribution < -0.4 is 5.32 Å². The van der Waals surface area contributed by atoms with Crippen molar-refractivity contribution >= 4 is 17.7 Å². The fourth-order valence-corrected chi connectivity index (χ4v) is 6.96. The number of hydrogen-bond donors (Lipinski definition) is 1. The number of benzene rings is 1. The molecule has 3 amide bonds. The van der Waals surface area contributed by atoms with Gasteiger partial charge in [0, 0.05) is 44.6 Å². The molecule has 2 aliphatic carbocycles. The Labute approximate surface area is 209 Å². The highest BCUT2D eigenvalue weighted by Crippen LogP contribution is 2.38. The predicted octanol–water partition coefficient (Wildman–Crippen LogP) is 4.07. The molecule has 0 aromatic heterocycles. The van der Waals surface area contributed by atoms with Gasteiger partial charge < -0.3 is 15.1 Å². The zero-order chi connectivity index (χ0) is 24.2. The van der Waals surface area contributed by atoms with E-state index in [4.69, 9.17) is 0 Å². The number of carbonyl (C=O) groups excluding carboxylic acids is 3. The molecule has 1 aromatic carbocycles. The maximum Gasteiger partial charge on any atom is 0.226 e. The number of hydrogen-bond acceptors (Lipinski definition) is 3. The van der Waals surface area contributed by atoms with Crippen molar-refractivity contribution in [1.82, 2.24) is 15.1 Å². The van der Waals surface area contributed by atoms with Crippen molar-refractivity contribution in [2.75, 3.05) is 19.6 Å². The smallest absolute Gasteiger partial charge is 0.226 e. The number of amides is 3. The lowest BCUT2D eigenvalue weighted by atomic mass is 9.97. The summed E-state index contributed by atoms with van der Waals surface area (Å²) in [4.78, 5) is 44.3. The summed E-state index contributed by atoms with van der Waals surface area (Å²) < 4.78 is 0. The van der Waals surface area contributed by atoms with Crippen molar-refractivity contribution in [3.8, 4) is 0 Å². The molecule has 1 N–H and O–H groups in total. The van der Waals surface area contributed by atoms with Crippen LogP contribution in [-0.2, 0) is 27.3 Å². The monoisotopic (exact) mass is 479 g/mol. The van der Waals surface area contributed by atoms with Crippen LogP contribution >= 0.6 is 0 Å². The molecule has 190 valence electrons. The topological polar surface area (TPSA) is 69.7 Å². The summed E-state index contributed by atoms with van der Waals surface area (Å²) in [5.74, 6) is 0.596. The quantitative estimate of drug-likeness (QED) is 0.708. The van der Waals surface area contributed by atoms with Gasteiger partial charge in [-0.1, -0.05) is 49.9 Å². The number of nitrogens with one attached hydrogen (secondary N) is 1. The third kappa shape index (κ3) is 5.57. The second kappa shape index (κ2) is 11.1. The maximum absolute atomic E-state index is 13.6. The molecule has 2 aliphatic heterocycles. The van der Waals surface area contributed by atoms with Crippen molar-refractivity contribution in [2.45, 2.75) is 89.6 Å². The first-order valence-electron chi connectivity index (χ1n) is 14.0. The predicted molar refractivity (Wildman–Crippen MR) is 135 cm³/mol. The van der Waals surface area contributed by atoms with Crippen LogP contribution in [-0.4, -0.2) is 53.2 Å². The van der Waals surface area contributed by atoms with Crippen molar-refractivity contribution in [1.29, 1.82) is 0 Å². The molecule has 4 aliphatic rings. The minimum Gasteiger partial charge on any atom is -0.356 e. The molecule has 1 aromatic rings. The standard InChI is InChI=1S/C29H41N3O3/c33-27(13-12-21-8-2-3-9-21)32-16-7-1-6-15-30-28(34)25-18-24(19-26(25)32)29(35)31-17-14-22-10-4-5-11-23(22)20-31/h4-5,10-11,21,24-26H,1-3,6-9,12-20H2,(H,30,34)/t24-,25-,26+/m0/s1. The molecule has 5 rings (SSSR count). The summed E-state index contributed by atoms with van der Waals surface area (Å²) >= 11 is 0. The lowest BCUT2D eigenvalue weighted by Crippen LogP contribution is -2.48. The first-order chi connectivity index (χ1) is 17.1. The minimum absolute atomic E-state index is 0.0322. The Morgan fingerprint density at radius 3 is 2.57 bits per heavy atom. The second-order valence-corrected chi connectivity index (χ2v) is 11.2. The lowest BCUT2D eigenvalue weighted by molar-refractivity contribution is -0.138. The third-order valence-corrected chi connectivity index (χ3v) is 8.99. The second-order valence-electron chi connectivity index (χ2n) is 11.2. The molecule has 2 saturated carbocycles. The van der Waals surface area contributed by atoms with Gasteiger partial charge in [0.1, 0.15) is 0 Å². The Morgan fingerprint density at radius 1 is 0.943 bits per heavy atom. The van der Waals surface area contributed by atoms with E-state index >= 15 is 0 Å². The molecule has 3 atom stereocenters. The summed E-state index contributed by atoms with van der Waals surface area (Å²) in [6.45, 7) is 2.80. The van der Waals surface area contributed by atoms with Crippen LogP contribution in [0.2, 0.25) is 0 Å². The average molecular weight is 480 g/mol. The van der Waals surface area contributed by atoms with Crippen LogP contribution in [0, 0.1) is 17.8 Å². The molecule has 0 bridgehead atoms. The van der Waals surface area contributed by atoms with Crippen LogP contribution in [0.4, 0.5) is 0 Å². The number of carbonyl (C=O) groups is 3. The maximum atomic E-state index is 13.6. The van der Waals surface area contributed by atoms with E-state index in [9.17, 15) is 14.4 Å². The summed E-state index contributed by atoms with van der Waals surface area (Å²) in [6, 6.07) is 8.21. The van der Waals surface area contributed by atoms with Gasteiger partial charge in [0.15, 0.2) is 0 Å². The van der Waals surface area contributed by atoms with Gasteiger partial charge in [0.2, 0.25) is 17.7 Å². The van der Waals surface area contributed by atoms with Gasteiger partial charge in [-0.05, 0) is 62.0 Å². The molecule has 6 heteroatoms. The Morgan fingerprint density at radius 2 is 1.74 bits per heavy atom. The largest absolute Gasteiger partial charge is 0.356 e. The van der Waals surface area contributed by atoms with E-state index in [1.54, 1.807) is 0 Å². The number of nitrogens with zero attached hydrogens (tertiary/aromatic N) is 2. The van der Waals surface area contributed by atoms with Crippen molar-refractivity contribution in [3.05, 3.63) is 35.4 Å². The molecule has 35 heavy (non-hydrogen) atoms. The average Bonchev–Trinajstić information content (AvgIpc) is 3.56. The van der Waals surface area contributed by atoms with Gasteiger partial charge in [-0.15, -0.1) is 0 Å². The third-order valence-electron chi connectivity index (χ3n) is 8.99. The van der Waals surface area contributed by atoms with E-state index in [0.717, 1.165) is 45.2 Å². The summed E-state index contributed by atoms with van der Waals surface area (Å²) in [5, 5.41) is 3.11. The summed E-state index contributed by atoms with van der Waals surface area (Å²) in [5.41, 5.74) is 2.56. The van der Waals surface area contributed by atoms with E-state index in [0.29, 0.717) is 38.3 Å². The molecule has 1 saturated heterocycles. The highest BCUT2D eigenvalue weighted by molar-refractivity contribution is 5.85. The Kier molecular flexibility index (Phi) is 7.74. The van der Waals surface area contributed by atoms with Crippen molar-refractivity contribution in [3.63, 3.8) is 0 Å². The summed E-state index contributed by atoms with van der Waals surface area (Å²) in [7, 11) is 0. The first-order valence-corrected chi connectivity index (χ1v) is 14.0. The first kappa shape index (κ1) is 24.3. The van der Waals surface area contributed by atoms with Crippen LogP contribution in [0.3, 0.4) is 0 Å². The van der Waals surface area contributed by atoms with Gasteiger partial charge in [0.05, 0.1) is 5.92 Å². The van der Waals surface area contributed by atoms with Gasteiger partial charge in [-0.3, -0.25) is 14.4 Å². The molecular formula is C29H41N3O3. The van der Waals surface area contributed by atoms with Crippen LogP contribution in [0.15, 0.2) is 24.3 Å². The van der Waals surface area contributed by atoms with Gasteiger partial charge in [-0.25, -0.2) is 0 Å². The normalized spacial score (nSPS) is 27.8. The Bertz CT molecular complexity index is 926. The molecule has 0 radical (unpaired) electrons. The summed E-state index contributed by atoms with van der Waals surface area (Å²) in [6.07, 6.45) is 11.6. The van der Waals surface area contributed by atoms with Gasteiger partial charge in [-0.2, -0.15) is 0 Å².